The lowest BCUT2D eigenvalue weighted by Gasteiger charge is -2.50. The lowest BCUT2D eigenvalue weighted by Crippen LogP contribution is -2.47. The molecule has 0 spiro atoms. The van der Waals surface area contributed by atoms with Crippen LogP contribution in [0, 0.1) is 15.5 Å². The lowest BCUT2D eigenvalue weighted by molar-refractivity contribution is -0.384. The second-order valence-corrected chi connectivity index (χ2v) is 8.46. The number of hydrogen-bond acceptors (Lipinski definition) is 4. The van der Waals surface area contributed by atoms with Gasteiger partial charge in [-0.15, -0.1) is 0 Å². The Morgan fingerprint density at radius 1 is 1.03 bits per heavy atom. The van der Waals surface area contributed by atoms with Crippen LogP contribution in [0.2, 0.25) is 0 Å². The molecule has 0 heterocycles. The van der Waals surface area contributed by atoms with E-state index in [4.69, 9.17) is 4.74 Å². The Morgan fingerprint density at radius 3 is 2.16 bits per heavy atom. The van der Waals surface area contributed by atoms with Gasteiger partial charge in [-0.3, -0.25) is 14.9 Å². The summed E-state index contributed by atoms with van der Waals surface area (Å²) in [5.41, 5.74) is 4.67. The van der Waals surface area contributed by atoms with Gasteiger partial charge in [0.2, 0.25) is 5.91 Å². The molecule has 6 heteroatoms. The van der Waals surface area contributed by atoms with Crippen LogP contribution in [0.25, 0.3) is 0 Å². The van der Waals surface area contributed by atoms with Gasteiger partial charge in [0.05, 0.1) is 29.2 Å². The number of carbonyl (C=O) groups excluding carboxylic acids is 1. The maximum absolute atomic E-state index is 13.7. The molecule has 0 fully saturated rings. The molecule has 2 bridgehead atoms. The van der Waals surface area contributed by atoms with Crippen molar-refractivity contribution in [1.29, 1.82) is 0 Å². The van der Waals surface area contributed by atoms with Gasteiger partial charge in [0.1, 0.15) is 5.75 Å². The minimum atomic E-state index is -0.667. The molecule has 6 nitrogen and oxygen atoms in total. The number of methoxy groups -OCH3 is 1. The molecular weight excluding hydrogens is 392 g/mol. The zero-order valence-electron chi connectivity index (χ0n) is 17.3. The molecule has 3 aromatic carbocycles. The summed E-state index contributed by atoms with van der Waals surface area (Å²) in [5.74, 6) is 0.257. The van der Waals surface area contributed by atoms with E-state index >= 15 is 0 Å². The number of fused-ring (bicyclic) bond motifs is 1. The molecular formula is C25H22N2O4. The zero-order chi connectivity index (χ0) is 21.8. The first-order valence-electron chi connectivity index (χ1n) is 10.3. The first-order valence-corrected chi connectivity index (χ1v) is 10.3. The highest BCUT2D eigenvalue weighted by atomic mass is 16.6. The Balaban J connectivity index is 1.56. The summed E-state index contributed by atoms with van der Waals surface area (Å²) in [6, 6.07) is 21.0. The topological polar surface area (TPSA) is 81.5 Å². The van der Waals surface area contributed by atoms with Gasteiger partial charge in [-0.1, -0.05) is 48.5 Å². The predicted octanol–water partition coefficient (Wildman–Crippen LogP) is 5.23. The van der Waals surface area contributed by atoms with Gasteiger partial charge in [-0.2, -0.15) is 0 Å². The number of nitrogens with zero attached hydrogens (tertiary/aromatic N) is 1. The fourth-order valence-electron chi connectivity index (χ4n) is 5.35. The van der Waals surface area contributed by atoms with Gasteiger partial charge in [-0.05, 0) is 41.7 Å². The summed E-state index contributed by atoms with van der Waals surface area (Å²) in [7, 11) is 1.44. The van der Waals surface area contributed by atoms with Crippen LogP contribution in [-0.2, 0) is 4.79 Å². The first-order chi connectivity index (χ1) is 14.9. The number of benzene rings is 3. The van der Waals surface area contributed by atoms with E-state index in [9.17, 15) is 14.9 Å². The number of hydrogen-bond donors (Lipinski definition) is 1. The monoisotopic (exact) mass is 414 g/mol. The van der Waals surface area contributed by atoms with E-state index in [1.807, 2.05) is 19.1 Å². The zero-order valence-corrected chi connectivity index (χ0v) is 17.3. The van der Waals surface area contributed by atoms with Crippen LogP contribution in [0.4, 0.5) is 11.4 Å². The number of amides is 1. The third kappa shape index (κ3) is 2.82. The molecule has 0 saturated carbocycles. The molecule has 1 atom stereocenters. The molecule has 6 rings (SSSR count). The van der Waals surface area contributed by atoms with Gasteiger partial charge in [-0.25, -0.2) is 0 Å². The molecule has 3 aliphatic carbocycles. The molecule has 156 valence electrons. The Kier molecular flexibility index (Phi) is 4.32. The minimum Gasteiger partial charge on any atom is -0.494 e. The van der Waals surface area contributed by atoms with Crippen molar-refractivity contribution in [2.24, 2.45) is 5.41 Å². The van der Waals surface area contributed by atoms with Crippen LogP contribution in [-0.4, -0.2) is 17.9 Å². The highest BCUT2D eigenvalue weighted by molar-refractivity contribution is 5.98. The molecule has 31 heavy (non-hydrogen) atoms. The van der Waals surface area contributed by atoms with Crippen LogP contribution >= 0.6 is 0 Å². The van der Waals surface area contributed by atoms with Crippen molar-refractivity contribution in [3.63, 3.8) is 0 Å². The maximum atomic E-state index is 13.7. The number of nitro groups is 1. The van der Waals surface area contributed by atoms with Crippen molar-refractivity contribution in [2.75, 3.05) is 12.4 Å². The average molecular weight is 414 g/mol. The van der Waals surface area contributed by atoms with E-state index in [0.29, 0.717) is 12.1 Å². The van der Waals surface area contributed by atoms with Crippen molar-refractivity contribution in [3.05, 3.63) is 99.1 Å². The van der Waals surface area contributed by atoms with E-state index in [1.165, 1.54) is 47.6 Å². The number of nitro benzene ring substituents is 1. The van der Waals surface area contributed by atoms with Crippen molar-refractivity contribution in [3.8, 4) is 5.75 Å². The molecule has 0 aromatic heterocycles. The molecule has 0 saturated heterocycles. The van der Waals surface area contributed by atoms with Gasteiger partial charge in [0.25, 0.3) is 5.69 Å². The van der Waals surface area contributed by atoms with Crippen molar-refractivity contribution >= 4 is 17.3 Å². The molecule has 0 radical (unpaired) electrons. The number of nitrogens with one attached hydrogen (secondary N) is 1. The van der Waals surface area contributed by atoms with Crippen molar-refractivity contribution in [1.82, 2.24) is 0 Å². The molecule has 1 N–H and O–H groups in total. The van der Waals surface area contributed by atoms with E-state index in [-0.39, 0.29) is 29.2 Å². The molecule has 3 aromatic rings. The molecule has 1 amide bonds. The molecule has 0 aliphatic heterocycles. The Hall–Kier alpha value is -3.67. The van der Waals surface area contributed by atoms with Gasteiger partial charge < -0.3 is 10.1 Å². The first kappa shape index (κ1) is 19.3. The van der Waals surface area contributed by atoms with Crippen molar-refractivity contribution in [2.45, 2.75) is 25.2 Å². The predicted molar refractivity (Wildman–Crippen MR) is 118 cm³/mol. The Labute approximate surface area is 180 Å². The van der Waals surface area contributed by atoms with Crippen LogP contribution < -0.4 is 10.1 Å². The molecule has 1 unspecified atom stereocenters. The second kappa shape index (κ2) is 6.94. The maximum Gasteiger partial charge on any atom is 0.273 e. The largest absolute Gasteiger partial charge is 0.494 e. The second-order valence-electron chi connectivity index (χ2n) is 8.46. The van der Waals surface area contributed by atoms with Gasteiger partial charge in [0, 0.05) is 17.9 Å². The summed E-state index contributed by atoms with van der Waals surface area (Å²) in [5, 5.41) is 14.1. The third-order valence-corrected chi connectivity index (χ3v) is 6.79. The van der Waals surface area contributed by atoms with E-state index in [0.717, 1.165) is 0 Å². The number of ether oxygens (including phenoxy) is 1. The minimum absolute atomic E-state index is 0.0612. The molecule has 3 aliphatic rings. The summed E-state index contributed by atoms with van der Waals surface area (Å²) >= 11 is 0. The summed E-state index contributed by atoms with van der Waals surface area (Å²) in [4.78, 5) is 24.3. The fraction of sp³-hybridized carbons (Fsp3) is 0.240. The van der Waals surface area contributed by atoms with E-state index in [2.05, 4.69) is 41.7 Å². The van der Waals surface area contributed by atoms with Crippen LogP contribution in [0.3, 0.4) is 0 Å². The number of anilines is 1. The number of non-ortho nitro benzene ring substituents is 1. The fourth-order valence-corrected chi connectivity index (χ4v) is 5.35. The van der Waals surface area contributed by atoms with E-state index < -0.39 is 10.3 Å². The van der Waals surface area contributed by atoms with Gasteiger partial charge >= 0.3 is 0 Å². The smallest absolute Gasteiger partial charge is 0.273 e. The summed E-state index contributed by atoms with van der Waals surface area (Å²) in [6.45, 7) is 2.02. The average Bonchev–Trinajstić information content (AvgIpc) is 2.79. The number of carbonyl (C=O) groups is 1. The number of rotatable bonds is 4. The third-order valence-electron chi connectivity index (χ3n) is 6.79. The normalized spacial score (nSPS) is 22.9. The SMILES string of the molecule is COc1cc([N+](=O)[O-])ccc1NC(=O)C1(C)CC2c3ccccc3C1c1ccccc12. The van der Waals surface area contributed by atoms with Crippen LogP contribution in [0.15, 0.2) is 66.7 Å². The van der Waals surface area contributed by atoms with Crippen molar-refractivity contribution < 1.29 is 14.5 Å². The quantitative estimate of drug-likeness (QED) is 0.468. The standard InChI is InChI=1S/C25H22N2O4/c1-25(24(28)26-21-12-11-15(27(29)30)13-22(21)31-2)14-20-16-7-3-5-9-18(16)23(25)19-10-6-4-8-17(19)20/h3-13,20,23H,14H2,1-2H3,(H,26,28). The van der Waals surface area contributed by atoms with Crippen LogP contribution in [0.1, 0.15) is 47.4 Å². The summed E-state index contributed by atoms with van der Waals surface area (Å²) in [6.07, 6.45) is 0.701. The van der Waals surface area contributed by atoms with E-state index in [1.54, 1.807) is 0 Å². The van der Waals surface area contributed by atoms with Gasteiger partial charge in [0.15, 0.2) is 0 Å². The Bertz CT molecular complexity index is 1170. The highest BCUT2D eigenvalue weighted by Gasteiger charge is 2.53. The van der Waals surface area contributed by atoms with Crippen LogP contribution in [0.5, 0.6) is 5.75 Å². The summed E-state index contributed by atoms with van der Waals surface area (Å²) < 4.78 is 5.31. The Morgan fingerprint density at radius 2 is 1.61 bits per heavy atom. The lowest BCUT2D eigenvalue weighted by atomic mass is 9.52. The highest BCUT2D eigenvalue weighted by Crippen LogP contribution is 2.61.